The van der Waals surface area contributed by atoms with Crippen LogP contribution in [0.15, 0.2) is 35.3 Å². The second-order valence-corrected chi connectivity index (χ2v) is 10.9. The molecular weight excluding hydrogens is 419 g/mol. The van der Waals surface area contributed by atoms with Gasteiger partial charge in [-0.1, -0.05) is 13.8 Å². The molecule has 168 valence electrons. The average molecular weight is 449 g/mol. The van der Waals surface area contributed by atoms with Gasteiger partial charge in [0.1, 0.15) is 5.82 Å². The van der Waals surface area contributed by atoms with Crippen LogP contribution in [0.3, 0.4) is 0 Å². The molecule has 1 atom stereocenters. The highest BCUT2D eigenvalue weighted by Crippen LogP contribution is 2.42. The lowest BCUT2D eigenvalue weighted by atomic mass is 9.94. The van der Waals surface area contributed by atoms with E-state index in [1.165, 1.54) is 12.3 Å². The standard InChI is InChI=1S/C22H29FN4O3S/c1-4-27-20-12-15(11-18(23)17(20)13-24-27)19-6-5-16(22(28)25-19)21(14(2)3)26-7-9-31(29,30)10-8-26/h5-6,11-14,21,29-30H,4,7-10H2,1-3H3,(H,25,28). The van der Waals surface area contributed by atoms with Crippen LogP contribution in [0.5, 0.6) is 0 Å². The summed E-state index contributed by atoms with van der Waals surface area (Å²) >= 11 is 0. The second-order valence-electron chi connectivity index (χ2n) is 8.44. The van der Waals surface area contributed by atoms with E-state index in [2.05, 4.69) is 28.8 Å². The van der Waals surface area contributed by atoms with Crippen molar-refractivity contribution in [2.45, 2.75) is 33.4 Å². The van der Waals surface area contributed by atoms with Crippen LogP contribution in [-0.2, 0) is 6.54 Å². The lowest BCUT2D eigenvalue weighted by Gasteiger charge is -2.44. The van der Waals surface area contributed by atoms with E-state index in [9.17, 15) is 18.3 Å². The van der Waals surface area contributed by atoms with E-state index >= 15 is 0 Å². The van der Waals surface area contributed by atoms with E-state index in [-0.39, 0.29) is 23.3 Å². The van der Waals surface area contributed by atoms with Crippen LogP contribution in [0.25, 0.3) is 22.2 Å². The fourth-order valence-electron chi connectivity index (χ4n) is 4.42. The number of nitrogens with one attached hydrogen (secondary N) is 1. The first-order valence-corrected chi connectivity index (χ1v) is 12.4. The zero-order valence-electron chi connectivity index (χ0n) is 18.0. The Bertz CT molecular complexity index is 1150. The third-order valence-electron chi connectivity index (χ3n) is 6.02. The molecule has 3 heterocycles. The van der Waals surface area contributed by atoms with Crippen LogP contribution >= 0.6 is 10.6 Å². The summed E-state index contributed by atoms with van der Waals surface area (Å²) in [7, 11) is -2.50. The Hall–Kier alpha value is -2.20. The van der Waals surface area contributed by atoms with Gasteiger partial charge in [-0.15, -0.1) is 0 Å². The minimum absolute atomic E-state index is 0.131. The van der Waals surface area contributed by atoms with Gasteiger partial charge in [0, 0.05) is 42.5 Å². The van der Waals surface area contributed by atoms with Crippen LogP contribution in [0, 0.1) is 11.7 Å². The van der Waals surface area contributed by atoms with Gasteiger partial charge in [-0.05, 0) is 37.1 Å². The Balaban J connectivity index is 1.69. The summed E-state index contributed by atoms with van der Waals surface area (Å²) in [5, 5.41) is 4.67. The minimum atomic E-state index is -2.50. The molecule has 1 unspecified atom stereocenters. The maximum absolute atomic E-state index is 14.6. The summed E-state index contributed by atoms with van der Waals surface area (Å²) < 4.78 is 36.2. The Morgan fingerprint density at radius 1 is 1.23 bits per heavy atom. The summed E-state index contributed by atoms with van der Waals surface area (Å²) in [6.45, 7) is 7.75. The second kappa shape index (κ2) is 8.38. The third-order valence-corrected chi connectivity index (χ3v) is 7.69. The number of halogens is 1. The highest BCUT2D eigenvalue weighted by molar-refractivity contribution is 8.24. The van der Waals surface area contributed by atoms with E-state index in [1.54, 1.807) is 4.68 Å². The maximum Gasteiger partial charge on any atom is 0.253 e. The molecule has 2 aromatic heterocycles. The number of benzene rings is 1. The molecule has 7 nitrogen and oxygen atoms in total. The fourth-order valence-corrected chi connectivity index (χ4v) is 5.68. The van der Waals surface area contributed by atoms with Gasteiger partial charge in [-0.2, -0.15) is 15.7 Å². The summed E-state index contributed by atoms with van der Waals surface area (Å²) in [6.07, 6.45) is 1.52. The van der Waals surface area contributed by atoms with Crippen molar-refractivity contribution in [3.05, 3.63) is 52.2 Å². The predicted octanol–water partition coefficient (Wildman–Crippen LogP) is 4.31. The first-order valence-electron chi connectivity index (χ1n) is 10.6. The van der Waals surface area contributed by atoms with Gasteiger partial charge in [0.05, 0.1) is 28.6 Å². The molecule has 3 aromatic rings. The molecule has 0 spiro atoms. The zero-order valence-corrected chi connectivity index (χ0v) is 18.8. The molecule has 0 saturated carbocycles. The molecule has 0 amide bonds. The van der Waals surface area contributed by atoms with Crippen molar-refractivity contribution in [1.29, 1.82) is 0 Å². The minimum Gasteiger partial charge on any atom is -0.322 e. The van der Waals surface area contributed by atoms with Crippen molar-refractivity contribution in [2.75, 3.05) is 24.6 Å². The molecule has 0 bridgehead atoms. The van der Waals surface area contributed by atoms with Gasteiger partial charge in [0.25, 0.3) is 5.56 Å². The average Bonchev–Trinajstić information content (AvgIpc) is 3.14. The lowest BCUT2D eigenvalue weighted by molar-refractivity contribution is 0.164. The van der Waals surface area contributed by atoms with Crippen molar-refractivity contribution >= 4 is 21.5 Å². The van der Waals surface area contributed by atoms with Gasteiger partial charge in [-0.25, -0.2) is 4.39 Å². The van der Waals surface area contributed by atoms with Crippen LogP contribution in [0.2, 0.25) is 0 Å². The van der Waals surface area contributed by atoms with Crippen molar-refractivity contribution in [3.8, 4) is 11.3 Å². The number of nitrogens with zero attached hydrogens (tertiary/aromatic N) is 3. The van der Waals surface area contributed by atoms with Crippen LogP contribution in [0.4, 0.5) is 4.39 Å². The lowest BCUT2D eigenvalue weighted by Crippen LogP contribution is -2.43. The summed E-state index contributed by atoms with van der Waals surface area (Å²) in [6, 6.07) is 6.76. The zero-order chi connectivity index (χ0) is 22.3. The number of H-pyrrole nitrogens is 1. The fraction of sp³-hybridized carbons (Fsp3) is 0.455. The molecule has 0 radical (unpaired) electrons. The maximum atomic E-state index is 14.6. The normalized spacial score (nSPS) is 19.1. The molecule has 4 rings (SSSR count). The van der Waals surface area contributed by atoms with Gasteiger partial charge >= 0.3 is 0 Å². The van der Waals surface area contributed by atoms with Crippen LogP contribution in [0.1, 0.15) is 32.4 Å². The molecule has 1 aliphatic heterocycles. The van der Waals surface area contributed by atoms with Crippen LogP contribution < -0.4 is 5.56 Å². The van der Waals surface area contributed by atoms with Gasteiger partial charge in [0.2, 0.25) is 0 Å². The molecular formula is C22H29FN4O3S. The Labute approximate surface area is 182 Å². The quantitative estimate of drug-likeness (QED) is 0.541. The molecule has 31 heavy (non-hydrogen) atoms. The van der Waals surface area contributed by atoms with E-state index in [0.29, 0.717) is 58.9 Å². The van der Waals surface area contributed by atoms with Crippen molar-refractivity contribution in [1.82, 2.24) is 19.7 Å². The molecule has 1 aliphatic rings. The molecule has 0 aliphatic carbocycles. The monoisotopic (exact) mass is 448 g/mol. The van der Waals surface area contributed by atoms with E-state index in [1.807, 2.05) is 25.1 Å². The van der Waals surface area contributed by atoms with E-state index in [4.69, 9.17) is 0 Å². The van der Waals surface area contributed by atoms with Crippen molar-refractivity contribution in [3.63, 3.8) is 0 Å². The highest BCUT2D eigenvalue weighted by Gasteiger charge is 2.31. The van der Waals surface area contributed by atoms with Gasteiger partial charge < -0.3 is 4.98 Å². The Morgan fingerprint density at radius 3 is 2.55 bits per heavy atom. The van der Waals surface area contributed by atoms with Gasteiger partial charge in [-0.3, -0.25) is 23.5 Å². The molecule has 9 heteroatoms. The highest BCUT2D eigenvalue weighted by atomic mass is 32.3. The predicted molar refractivity (Wildman–Crippen MR) is 123 cm³/mol. The van der Waals surface area contributed by atoms with Crippen LogP contribution in [-0.4, -0.2) is 53.4 Å². The first kappa shape index (κ1) is 22.0. The smallest absolute Gasteiger partial charge is 0.253 e. The number of aromatic nitrogens is 3. The number of fused-ring (bicyclic) bond motifs is 1. The van der Waals surface area contributed by atoms with E-state index < -0.39 is 10.6 Å². The Kier molecular flexibility index (Phi) is 5.95. The summed E-state index contributed by atoms with van der Waals surface area (Å²) in [5.41, 5.74) is 2.26. The number of aryl methyl sites for hydroxylation is 1. The Morgan fingerprint density at radius 2 is 1.94 bits per heavy atom. The molecule has 1 aromatic carbocycles. The SMILES string of the molecule is CCn1ncc2c(F)cc(-c3ccc(C(C(C)C)N4CCS(O)(O)CC4)c(=O)[nH]3)cc21. The largest absolute Gasteiger partial charge is 0.322 e. The number of pyridine rings is 1. The molecule has 3 N–H and O–H groups in total. The molecule has 1 fully saturated rings. The topological polar surface area (TPSA) is 94.4 Å². The number of rotatable bonds is 5. The number of aromatic amines is 1. The number of hydrogen-bond acceptors (Lipinski definition) is 5. The number of hydrogen-bond donors (Lipinski definition) is 3. The van der Waals surface area contributed by atoms with E-state index in [0.717, 1.165) is 0 Å². The molecule has 1 saturated heterocycles. The summed E-state index contributed by atoms with van der Waals surface area (Å²) in [5.74, 6) is 0.455. The van der Waals surface area contributed by atoms with Gasteiger partial charge in [0.15, 0.2) is 0 Å². The first-order chi connectivity index (χ1) is 14.7. The summed E-state index contributed by atoms with van der Waals surface area (Å²) in [4.78, 5) is 18.1. The van der Waals surface area contributed by atoms with Crippen molar-refractivity contribution in [2.24, 2.45) is 5.92 Å². The third kappa shape index (κ3) is 4.27. The van der Waals surface area contributed by atoms with Crippen molar-refractivity contribution < 1.29 is 13.5 Å².